The number of aryl methyl sites for hydroxylation is 2. The van der Waals surface area contributed by atoms with Crippen molar-refractivity contribution in [3.05, 3.63) is 100 Å². The number of carbonyl (C=O) groups is 1. The first kappa shape index (κ1) is 22.4. The minimum atomic E-state index is -0.345. The molecule has 0 unspecified atom stereocenters. The summed E-state index contributed by atoms with van der Waals surface area (Å²) in [6.45, 7) is 1.87. The van der Waals surface area contributed by atoms with Crippen molar-refractivity contribution in [1.29, 1.82) is 0 Å². The third-order valence-electron chi connectivity index (χ3n) is 6.01. The lowest BCUT2D eigenvalue weighted by atomic mass is 10.0. The third-order valence-corrected chi connectivity index (χ3v) is 6.01. The normalized spacial score (nSPS) is 11.1. The number of esters is 1. The third kappa shape index (κ3) is 4.66. The summed E-state index contributed by atoms with van der Waals surface area (Å²) in [5, 5.41) is 1.07. The fourth-order valence-electron chi connectivity index (χ4n) is 4.25. The van der Waals surface area contributed by atoms with Crippen molar-refractivity contribution in [3.63, 3.8) is 0 Å². The predicted molar refractivity (Wildman–Crippen MR) is 135 cm³/mol. The Morgan fingerprint density at radius 2 is 1.86 bits per heavy atom. The Hall–Kier alpha value is -4.39. The van der Waals surface area contributed by atoms with Crippen LogP contribution in [0.25, 0.3) is 27.8 Å². The first-order valence-electron chi connectivity index (χ1n) is 11.4. The molecule has 5 rings (SSSR count). The fraction of sp³-hybridized carbons (Fsp3) is 0.179. The molecular formula is C28H25N3O4. The van der Waals surface area contributed by atoms with Gasteiger partial charge in [0, 0.05) is 35.3 Å². The minimum Gasteiger partial charge on any atom is -0.497 e. The Morgan fingerprint density at radius 3 is 2.66 bits per heavy atom. The van der Waals surface area contributed by atoms with E-state index in [1.807, 2.05) is 61.5 Å². The second kappa shape index (κ2) is 9.46. The molecule has 0 aliphatic heterocycles. The smallest absolute Gasteiger partial charge is 0.306 e. The Kier molecular flexibility index (Phi) is 6.06. The molecule has 0 saturated carbocycles. The Balaban J connectivity index is 1.32. The summed E-state index contributed by atoms with van der Waals surface area (Å²) in [4.78, 5) is 32.9. The number of carbonyl (C=O) groups excluding carboxylic acids is 1. The molecule has 3 heterocycles. The molecule has 0 aliphatic carbocycles. The number of para-hydroxylation sites is 1. The van der Waals surface area contributed by atoms with Crippen LogP contribution in [0.3, 0.4) is 0 Å². The molecule has 0 radical (unpaired) electrons. The van der Waals surface area contributed by atoms with Crippen molar-refractivity contribution in [3.8, 4) is 17.0 Å². The number of nitrogens with one attached hydrogen (secondary N) is 1. The SMILES string of the molecule is COc1ccc(-c2[nH]c3ccccc3c2CCC(=O)OCc2cc(=O)n3cc(C)ccc3n2)cc1. The number of aromatic amines is 1. The Morgan fingerprint density at radius 1 is 1.06 bits per heavy atom. The zero-order valence-electron chi connectivity index (χ0n) is 19.6. The van der Waals surface area contributed by atoms with E-state index in [0.717, 1.165) is 39.0 Å². The van der Waals surface area contributed by atoms with Gasteiger partial charge in [-0.15, -0.1) is 0 Å². The van der Waals surface area contributed by atoms with E-state index < -0.39 is 0 Å². The first-order chi connectivity index (χ1) is 17.0. The maximum Gasteiger partial charge on any atom is 0.306 e. The van der Waals surface area contributed by atoms with Crippen LogP contribution in [0.15, 0.2) is 77.7 Å². The van der Waals surface area contributed by atoms with Crippen LogP contribution in [0.2, 0.25) is 0 Å². The summed E-state index contributed by atoms with van der Waals surface area (Å²) in [7, 11) is 1.64. The number of hydrogen-bond donors (Lipinski definition) is 1. The van der Waals surface area contributed by atoms with Crippen LogP contribution >= 0.6 is 0 Å². The van der Waals surface area contributed by atoms with Crippen molar-refractivity contribution in [2.45, 2.75) is 26.4 Å². The maximum absolute atomic E-state index is 12.6. The van der Waals surface area contributed by atoms with Crippen molar-refractivity contribution < 1.29 is 14.3 Å². The van der Waals surface area contributed by atoms with Gasteiger partial charge in [-0.25, -0.2) is 4.98 Å². The summed E-state index contributed by atoms with van der Waals surface area (Å²) in [5.41, 5.74) is 5.77. The average Bonchev–Trinajstić information content (AvgIpc) is 3.25. The summed E-state index contributed by atoms with van der Waals surface area (Å²) in [6, 6.07) is 20.9. The molecule has 35 heavy (non-hydrogen) atoms. The molecule has 0 aliphatic rings. The maximum atomic E-state index is 12.6. The van der Waals surface area contributed by atoms with Gasteiger partial charge < -0.3 is 14.5 Å². The standard InChI is InChI=1S/C28H25N3O4/c1-18-7-13-25-29-20(15-26(32)31(25)16-18)17-35-27(33)14-12-23-22-5-3-4-6-24(22)30-28(23)19-8-10-21(34-2)11-9-19/h3-11,13,15-16,30H,12,14,17H2,1-2H3. The van der Waals surface area contributed by atoms with Crippen LogP contribution in [0.5, 0.6) is 5.75 Å². The fourth-order valence-corrected chi connectivity index (χ4v) is 4.25. The van der Waals surface area contributed by atoms with Crippen LogP contribution in [0, 0.1) is 6.92 Å². The molecule has 0 bridgehead atoms. The van der Waals surface area contributed by atoms with Gasteiger partial charge in [0.1, 0.15) is 18.0 Å². The van der Waals surface area contributed by atoms with E-state index in [2.05, 4.69) is 9.97 Å². The summed E-state index contributed by atoms with van der Waals surface area (Å²) in [6.07, 6.45) is 2.45. The van der Waals surface area contributed by atoms with Crippen molar-refractivity contribution in [1.82, 2.24) is 14.4 Å². The number of aromatic nitrogens is 3. The lowest BCUT2D eigenvalue weighted by Crippen LogP contribution is -2.17. The quantitative estimate of drug-likeness (QED) is 0.346. The zero-order chi connectivity index (χ0) is 24.4. The largest absolute Gasteiger partial charge is 0.497 e. The van der Waals surface area contributed by atoms with Gasteiger partial charge in [-0.2, -0.15) is 0 Å². The second-order valence-corrected chi connectivity index (χ2v) is 8.43. The van der Waals surface area contributed by atoms with Gasteiger partial charge in [-0.1, -0.05) is 24.3 Å². The second-order valence-electron chi connectivity index (χ2n) is 8.43. The van der Waals surface area contributed by atoms with Crippen LogP contribution in [-0.4, -0.2) is 27.4 Å². The molecular weight excluding hydrogens is 442 g/mol. The number of methoxy groups -OCH3 is 1. The monoisotopic (exact) mass is 467 g/mol. The number of ether oxygens (including phenoxy) is 2. The van der Waals surface area contributed by atoms with Gasteiger partial charge in [-0.3, -0.25) is 14.0 Å². The van der Waals surface area contributed by atoms with Crippen molar-refractivity contribution in [2.24, 2.45) is 0 Å². The van der Waals surface area contributed by atoms with Crippen LogP contribution in [0.4, 0.5) is 0 Å². The van der Waals surface area contributed by atoms with Crippen molar-refractivity contribution >= 4 is 22.5 Å². The number of hydrogen-bond acceptors (Lipinski definition) is 5. The highest BCUT2D eigenvalue weighted by atomic mass is 16.5. The number of fused-ring (bicyclic) bond motifs is 2. The molecule has 0 saturated heterocycles. The number of pyridine rings is 1. The van der Waals surface area contributed by atoms with Gasteiger partial charge in [0.2, 0.25) is 0 Å². The number of benzene rings is 2. The number of H-pyrrole nitrogens is 1. The molecule has 2 aromatic carbocycles. The van der Waals surface area contributed by atoms with E-state index in [9.17, 15) is 9.59 Å². The molecule has 5 aromatic rings. The minimum absolute atomic E-state index is 0.0440. The molecule has 0 spiro atoms. The van der Waals surface area contributed by atoms with E-state index in [1.54, 1.807) is 19.4 Å². The molecule has 1 N–H and O–H groups in total. The van der Waals surface area contributed by atoms with Gasteiger partial charge in [0.25, 0.3) is 5.56 Å². The average molecular weight is 468 g/mol. The van der Waals surface area contributed by atoms with Gasteiger partial charge in [-0.05, 0) is 66.4 Å². The molecule has 7 heteroatoms. The number of nitrogens with zero attached hydrogens (tertiary/aromatic N) is 2. The van der Waals surface area contributed by atoms with E-state index in [-0.39, 0.29) is 24.6 Å². The lowest BCUT2D eigenvalue weighted by Gasteiger charge is -2.08. The highest BCUT2D eigenvalue weighted by Crippen LogP contribution is 2.32. The summed E-state index contributed by atoms with van der Waals surface area (Å²) in [5.74, 6) is 0.439. The summed E-state index contributed by atoms with van der Waals surface area (Å²) >= 11 is 0. The Labute approximate surface area is 202 Å². The van der Waals surface area contributed by atoms with Gasteiger partial charge in [0.15, 0.2) is 0 Å². The van der Waals surface area contributed by atoms with Gasteiger partial charge in [0.05, 0.1) is 12.8 Å². The van der Waals surface area contributed by atoms with E-state index >= 15 is 0 Å². The highest BCUT2D eigenvalue weighted by Gasteiger charge is 2.15. The topological polar surface area (TPSA) is 85.7 Å². The Bertz CT molecular complexity index is 1580. The molecule has 3 aromatic heterocycles. The molecule has 0 atom stereocenters. The van der Waals surface area contributed by atoms with Crippen LogP contribution in [-0.2, 0) is 22.6 Å². The lowest BCUT2D eigenvalue weighted by molar-refractivity contribution is -0.145. The van der Waals surface area contributed by atoms with E-state index in [0.29, 0.717) is 17.8 Å². The highest BCUT2D eigenvalue weighted by molar-refractivity contribution is 5.91. The predicted octanol–water partition coefficient (Wildman–Crippen LogP) is 4.84. The first-order valence-corrected chi connectivity index (χ1v) is 11.4. The molecule has 7 nitrogen and oxygen atoms in total. The summed E-state index contributed by atoms with van der Waals surface area (Å²) < 4.78 is 12.2. The molecule has 176 valence electrons. The van der Waals surface area contributed by atoms with E-state index in [4.69, 9.17) is 9.47 Å². The zero-order valence-corrected chi connectivity index (χ0v) is 19.6. The van der Waals surface area contributed by atoms with Crippen LogP contribution in [0.1, 0.15) is 23.2 Å². The van der Waals surface area contributed by atoms with E-state index in [1.165, 1.54) is 10.5 Å². The number of rotatable bonds is 7. The van der Waals surface area contributed by atoms with Gasteiger partial charge >= 0.3 is 5.97 Å². The molecule has 0 amide bonds. The van der Waals surface area contributed by atoms with Crippen LogP contribution < -0.4 is 10.3 Å². The van der Waals surface area contributed by atoms with Crippen molar-refractivity contribution in [2.75, 3.05) is 7.11 Å². The molecule has 0 fully saturated rings.